The quantitative estimate of drug-likeness (QED) is 0.855. The fourth-order valence-electron chi connectivity index (χ4n) is 4.38. The average molecular weight is 341 g/mol. The van der Waals surface area contributed by atoms with Crippen molar-refractivity contribution in [2.45, 2.75) is 46.6 Å². The van der Waals surface area contributed by atoms with E-state index in [4.69, 9.17) is 4.52 Å². The highest BCUT2D eigenvalue weighted by Crippen LogP contribution is 2.40. The maximum atomic E-state index is 5.34. The lowest BCUT2D eigenvalue weighted by Crippen LogP contribution is -2.44. The standard InChI is InChI=1S/C19H27N5O/c1-14-9-20-18(21-10-14)24-8-6-19(13-24)5-4-7-23(12-19)11-17-15(2)22-25-16(17)3/h9-10H,4-8,11-13H2,1-3H3. The van der Waals surface area contributed by atoms with E-state index in [1.807, 2.05) is 33.2 Å². The van der Waals surface area contributed by atoms with Crippen LogP contribution >= 0.6 is 0 Å². The fraction of sp³-hybridized carbons (Fsp3) is 0.632. The van der Waals surface area contributed by atoms with Crippen molar-refractivity contribution in [2.75, 3.05) is 31.1 Å². The van der Waals surface area contributed by atoms with E-state index >= 15 is 0 Å². The lowest BCUT2D eigenvalue weighted by Gasteiger charge is -2.40. The minimum atomic E-state index is 0.367. The number of likely N-dealkylation sites (tertiary alicyclic amines) is 1. The zero-order chi connectivity index (χ0) is 17.4. The van der Waals surface area contributed by atoms with E-state index in [1.165, 1.54) is 24.8 Å². The predicted octanol–water partition coefficient (Wildman–Crippen LogP) is 2.88. The van der Waals surface area contributed by atoms with Crippen molar-refractivity contribution >= 4 is 5.95 Å². The van der Waals surface area contributed by atoms with E-state index in [9.17, 15) is 0 Å². The summed E-state index contributed by atoms with van der Waals surface area (Å²) < 4.78 is 5.34. The van der Waals surface area contributed by atoms with Gasteiger partial charge in [-0.15, -0.1) is 0 Å². The molecule has 0 N–H and O–H groups in total. The Morgan fingerprint density at radius 3 is 2.60 bits per heavy atom. The Hall–Kier alpha value is -1.95. The topological polar surface area (TPSA) is 58.3 Å². The van der Waals surface area contributed by atoms with Crippen LogP contribution in [-0.2, 0) is 6.54 Å². The molecule has 1 spiro atoms. The molecule has 2 saturated heterocycles. The van der Waals surface area contributed by atoms with Crippen LogP contribution < -0.4 is 4.90 Å². The van der Waals surface area contributed by atoms with Crippen molar-refractivity contribution in [2.24, 2.45) is 5.41 Å². The first-order valence-electron chi connectivity index (χ1n) is 9.22. The van der Waals surface area contributed by atoms with E-state index in [-0.39, 0.29) is 0 Å². The number of aromatic nitrogens is 3. The molecular weight excluding hydrogens is 314 g/mol. The highest BCUT2D eigenvalue weighted by molar-refractivity contribution is 5.33. The lowest BCUT2D eigenvalue weighted by atomic mass is 9.79. The number of nitrogens with zero attached hydrogens (tertiary/aromatic N) is 5. The molecule has 6 heteroatoms. The van der Waals surface area contributed by atoms with Gasteiger partial charge in [0.1, 0.15) is 5.76 Å². The highest BCUT2D eigenvalue weighted by atomic mass is 16.5. The van der Waals surface area contributed by atoms with Crippen LogP contribution in [0.2, 0.25) is 0 Å². The SMILES string of the molecule is Cc1cnc(N2CCC3(CCCN(Cc4c(C)noc4C)C3)C2)nc1. The molecule has 1 unspecified atom stereocenters. The lowest BCUT2D eigenvalue weighted by molar-refractivity contribution is 0.0986. The molecule has 1 atom stereocenters. The first kappa shape index (κ1) is 16.5. The van der Waals surface area contributed by atoms with E-state index in [2.05, 4.69) is 24.9 Å². The third kappa shape index (κ3) is 3.27. The zero-order valence-electron chi connectivity index (χ0n) is 15.5. The molecule has 6 nitrogen and oxygen atoms in total. The van der Waals surface area contributed by atoms with Crippen molar-refractivity contribution in [3.05, 3.63) is 35.0 Å². The second kappa shape index (κ2) is 6.41. The van der Waals surface area contributed by atoms with Gasteiger partial charge in [0.15, 0.2) is 0 Å². The van der Waals surface area contributed by atoms with Crippen LogP contribution in [0.4, 0.5) is 5.95 Å². The Bertz CT molecular complexity index is 721. The van der Waals surface area contributed by atoms with Gasteiger partial charge in [0.2, 0.25) is 5.95 Å². The molecule has 2 aliphatic rings. The Balaban J connectivity index is 1.45. The number of piperidine rings is 1. The molecule has 2 aromatic heterocycles. The number of aryl methyl sites for hydroxylation is 3. The highest BCUT2D eigenvalue weighted by Gasteiger charge is 2.42. The zero-order valence-corrected chi connectivity index (χ0v) is 15.5. The summed E-state index contributed by atoms with van der Waals surface area (Å²) >= 11 is 0. The maximum Gasteiger partial charge on any atom is 0.225 e. The van der Waals surface area contributed by atoms with Crippen molar-refractivity contribution in [3.63, 3.8) is 0 Å². The van der Waals surface area contributed by atoms with Crippen LogP contribution in [0.5, 0.6) is 0 Å². The molecule has 2 fully saturated rings. The van der Waals surface area contributed by atoms with Crippen molar-refractivity contribution in [1.29, 1.82) is 0 Å². The fourth-order valence-corrected chi connectivity index (χ4v) is 4.38. The second-order valence-corrected chi connectivity index (χ2v) is 7.85. The number of anilines is 1. The number of rotatable bonds is 3. The maximum absolute atomic E-state index is 5.34. The van der Waals surface area contributed by atoms with Gasteiger partial charge in [0.25, 0.3) is 0 Å². The Morgan fingerprint density at radius 1 is 1.08 bits per heavy atom. The molecule has 2 aromatic rings. The summed E-state index contributed by atoms with van der Waals surface area (Å²) in [6.45, 7) is 11.5. The summed E-state index contributed by atoms with van der Waals surface area (Å²) in [7, 11) is 0. The van der Waals surface area contributed by atoms with E-state index < -0.39 is 0 Å². The van der Waals surface area contributed by atoms with Crippen LogP contribution in [0, 0.1) is 26.2 Å². The second-order valence-electron chi connectivity index (χ2n) is 7.85. The predicted molar refractivity (Wildman–Crippen MR) is 96.5 cm³/mol. The van der Waals surface area contributed by atoms with Crippen molar-refractivity contribution < 1.29 is 4.52 Å². The summed E-state index contributed by atoms with van der Waals surface area (Å²) in [4.78, 5) is 14.0. The minimum absolute atomic E-state index is 0.367. The monoisotopic (exact) mass is 341 g/mol. The smallest absolute Gasteiger partial charge is 0.225 e. The third-order valence-corrected chi connectivity index (χ3v) is 5.79. The minimum Gasteiger partial charge on any atom is -0.361 e. The van der Waals surface area contributed by atoms with Gasteiger partial charge in [0.05, 0.1) is 5.69 Å². The van der Waals surface area contributed by atoms with Gasteiger partial charge in [-0.2, -0.15) is 0 Å². The van der Waals surface area contributed by atoms with Gasteiger partial charge in [-0.05, 0) is 52.1 Å². The van der Waals surface area contributed by atoms with Gasteiger partial charge in [0, 0.05) is 49.6 Å². The molecule has 0 bridgehead atoms. The van der Waals surface area contributed by atoms with Crippen LogP contribution in [-0.4, -0.2) is 46.2 Å². The summed E-state index contributed by atoms with van der Waals surface area (Å²) in [5.41, 5.74) is 3.76. The molecule has 0 radical (unpaired) electrons. The molecule has 0 saturated carbocycles. The van der Waals surface area contributed by atoms with Crippen molar-refractivity contribution in [1.82, 2.24) is 20.0 Å². The molecule has 2 aliphatic heterocycles. The largest absolute Gasteiger partial charge is 0.361 e. The molecular formula is C19H27N5O. The summed E-state index contributed by atoms with van der Waals surface area (Å²) in [5.74, 6) is 1.84. The normalized spacial score (nSPS) is 24.4. The average Bonchev–Trinajstić information content (AvgIpc) is 3.14. The van der Waals surface area contributed by atoms with E-state index in [0.717, 1.165) is 55.7 Å². The van der Waals surface area contributed by atoms with Gasteiger partial charge in [-0.25, -0.2) is 9.97 Å². The third-order valence-electron chi connectivity index (χ3n) is 5.79. The molecule has 4 heterocycles. The molecule has 0 aliphatic carbocycles. The van der Waals surface area contributed by atoms with Crippen LogP contribution in [0.25, 0.3) is 0 Å². The van der Waals surface area contributed by atoms with E-state index in [0.29, 0.717) is 5.41 Å². The molecule has 134 valence electrons. The van der Waals surface area contributed by atoms with Gasteiger partial charge >= 0.3 is 0 Å². The summed E-state index contributed by atoms with van der Waals surface area (Å²) in [6, 6.07) is 0. The number of hydrogen-bond acceptors (Lipinski definition) is 6. The Labute approximate surface area is 149 Å². The Kier molecular flexibility index (Phi) is 4.23. The van der Waals surface area contributed by atoms with Crippen LogP contribution in [0.1, 0.15) is 41.8 Å². The Morgan fingerprint density at radius 2 is 1.88 bits per heavy atom. The van der Waals surface area contributed by atoms with Gasteiger partial charge in [-0.3, -0.25) is 4.90 Å². The summed E-state index contributed by atoms with van der Waals surface area (Å²) in [6.07, 6.45) is 7.61. The molecule has 25 heavy (non-hydrogen) atoms. The molecule has 0 aromatic carbocycles. The first-order valence-corrected chi connectivity index (χ1v) is 9.22. The van der Waals surface area contributed by atoms with Crippen molar-refractivity contribution in [3.8, 4) is 0 Å². The summed E-state index contributed by atoms with van der Waals surface area (Å²) in [5, 5.41) is 4.10. The van der Waals surface area contributed by atoms with Gasteiger partial charge < -0.3 is 9.42 Å². The molecule has 4 rings (SSSR count). The number of hydrogen-bond donors (Lipinski definition) is 0. The van der Waals surface area contributed by atoms with Crippen LogP contribution in [0.15, 0.2) is 16.9 Å². The first-order chi connectivity index (χ1) is 12.0. The van der Waals surface area contributed by atoms with Crippen LogP contribution in [0.3, 0.4) is 0 Å². The van der Waals surface area contributed by atoms with Gasteiger partial charge in [-0.1, -0.05) is 5.16 Å². The van der Waals surface area contributed by atoms with E-state index in [1.54, 1.807) is 0 Å². The molecule has 0 amide bonds.